The monoisotopic (exact) mass is 313 g/mol. The lowest BCUT2D eigenvalue weighted by atomic mass is 10.1. The summed E-state index contributed by atoms with van der Waals surface area (Å²) in [4.78, 5) is 4.45. The minimum absolute atomic E-state index is 0.541. The lowest BCUT2D eigenvalue weighted by Gasteiger charge is -2.30. The molecular formula is C16H22F3N3. The first-order chi connectivity index (χ1) is 10.5. The fourth-order valence-electron chi connectivity index (χ4n) is 3.27. The first-order valence-corrected chi connectivity index (χ1v) is 7.92. The summed E-state index contributed by atoms with van der Waals surface area (Å²) in [5, 5.41) is 3.27. The summed E-state index contributed by atoms with van der Waals surface area (Å²) in [6.45, 7) is 6.05. The molecular weight excluding hydrogens is 291 g/mol. The number of halogens is 3. The van der Waals surface area contributed by atoms with Gasteiger partial charge >= 0.3 is 6.18 Å². The van der Waals surface area contributed by atoms with E-state index in [1.165, 1.54) is 12.1 Å². The maximum absolute atomic E-state index is 13.0. The van der Waals surface area contributed by atoms with Gasteiger partial charge in [-0.05, 0) is 36.6 Å². The van der Waals surface area contributed by atoms with Crippen molar-refractivity contribution in [3.63, 3.8) is 0 Å². The molecule has 2 aliphatic rings. The molecule has 2 aliphatic heterocycles. The summed E-state index contributed by atoms with van der Waals surface area (Å²) in [6, 6.07) is 4.22. The molecule has 0 aliphatic carbocycles. The first kappa shape index (κ1) is 15.6. The van der Waals surface area contributed by atoms with Crippen molar-refractivity contribution in [2.45, 2.75) is 25.6 Å². The van der Waals surface area contributed by atoms with E-state index in [2.05, 4.69) is 15.1 Å². The van der Waals surface area contributed by atoms with Gasteiger partial charge in [-0.2, -0.15) is 13.2 Å². The summed E-state index contributed by atoms with van der Waals surface area (Å²) in [6.07, 6.45) is -2.04. The van der Waals surface area contributed by atoms with Crippen molar-refractivity contribution >= 4 is 5.69 Å². The van der Waals surface area contributed by atoms with Crippen LogP contribution in [0.4, 0.5) is 18.9 Å². The van der Waals surface area contributed by atoms with E-state index in [4.69, 9.17) is 0 Å². The third-order valence-corrected chi connectivity index (χ3v) is 4.46. The molecule has 0 unspecified atom stereocenters. The second kappa shape index (κ2) is 6.46. The van der Waals surface area contributed by atoms with Crippen molar-refractivity contribution in [3.05, 3.63) is 29.3 Å². The second-order valence-corrected chi connectivity index (χ2v) is 6.06. The standard InChI is InChI=1S/C16H22F3N3/c17-16(18,19)14-3-4-15(22-7-1-2-8-22)13(11-14)12-21-9-5-20-6-10-21/h3-4,11,20H,1-2,5-10,12H2. The number of alkyl halides is 3. The molecule has 122 valence electrons. The van der Waals surface area contributed by atoms with E-state index in [1.54, 1.807) is 6.07 Å². The van der Waals surface area contributed by atoms with Crippen molar-refractivity contribution in [2.75, 3.05) is 44.2 Å². The maximum atomic E-state index is 13.0. The van der Waals surface area contributed by atoms with Crippen LogP contribution in [-0.4, -0.2) is 44.2 Å². The summed E-state index contributed by atoms with van der Waals surface area (Å²) in [5.41, 5.74) is 1.24. The third kappa shape index (κ3) is 3.55. The number of anilines is 1. The van der Waals surface area contributed by atoms with E-state index in [0.29, 0.717) is 6.54 Å². The number of rotatable bonds is 3. The number of hydrogen-bond acceptors (Lipinski definition) is 3. The van der Waals surface area contributed by atoms with Gasteiger partial charge in [0, 0.05) is 51.5 Å². The van der Waals surface area contributed by atoms with Gasteiger partial charge in [-0.3, -0.25) is 4.90 Å². The second-order valence-electron chi connectivity index (χ2n) is 6.06. The zero-order chi connectivity index (χ0) is 15.6. The average molecular weight is 313 g/mol. The molecule has 0 atom stereocenters. The van der Waals surface area contributed by atoms with E-state index in [0.717, 1.165) is 63.4 Å². The van der Waals surface area contributed by atoms with Crippen LogP contribution >= 0.6 is 0 Å². The molecule has 0 saturated carbocycles. The molecule has 0 aromatic heterocycles. The zero-order valence-electron chi connectivity index (χ0n) is 12.6. The molecule has 3 nitrogen and oxygen atoms in total. The quantitative estimate of drug-likeness (QED) is 0.926. The van der Waals surface area contributed by atoms with Gasteiger partial charge in [-0.1, -0.05) is 0 Å². The van der Waals surface area contributed by atoms with Gasteiger partial charge in [0.05, 0.1) is 5.56 Å². The van der Waals surface area contributed by atoms with Crippen molar-refractivity contribution < 1.29 is 13.2 Å². The Hall–Kier alpha value is -1.27. The minimum atomic E-state index is -4.28. The highest BCUT2D eigenvalue weighted by Gasteiger charge is 2.31. The Balaban J connectivity index is 1.87. The molecule has 1 N–H and O–H groups in total. The normalized spacial score (nSPS) is 20.6. The van der Waals surface area contributed by atoms with Crippen LogP contribution in [0.2, 0.25) is 0 Å². The zero-order valence-corrected chi connectivity index (χ0v) is 12.6. The summed E-state index contributed by atoms with van der Waals surface area (Å²) in [5.74, 6) is 0. The van der Waals surface area contributed by atoms with Gasteiger partial charge < -0.3 is 10.2 Å². The highest BCUT2D eigenvalue weighted by atomic mass is 19.4. The van der Waals surface area contributed by atoms with Gasteiger partial charge in [0.1, 0.15) is 0 Å². The SMILES string of the molecule is FC(F)(F)c1ccc(N2CCCC2)c(CN2CCNCC2)c1. The topological polar surface area (TPSA) is 18.5 Å². The van der Waals surface area contributed by atoms with Crippen LogP contribution < -0.4 is 10.2 Å². The lowest BCUT2D eigenvalue weighted by Crippen LogP contribution is -2.43. The smallest absolute Gasteiger partial charge is 0.371 e. The number of nitrogens with zero attached hydrogens (tertiary/aromatic N) is 2. The Kier molecular flexibility index (Phi) is 4.59. The molecule has 2 saturated heterocycles. The summed E-state index contributed by atoms with van der Waals surface area (Å²) < 4.78 is 39.1. The van der Waals surface area contributed by atoms with Gasteiger partial charge in [0.2, 0.25) is 0 Å². The Morgan fingerprint density at radius 2 is 1.68 bits per heavy atom. The van der Waals surface area contributed by atoms with E-state index in [9.17, 15) is 13.2 Å². The van der Waals surface area contributed by atoms with Crippen LogP contribution in [0.5, 0.6) is 0 Å². The predicted octanol–water partition coefficient (Wildman–Crippen LogP) is 2.71. The number of nitrogens with one attached hydrogen (secondary N) is 1. The van der Waals surface area contributed by atoms with Crippen LogP contribution in [0.1, 0.15) is 24.0 Å². The number of hydrogen-bond donors (Lipinski definition) is 1. The molecule has 3 rings (SSSR count). The highest BCUT2D eigenvalue weighted by molar-refractivity contribution is 5.56. The average Bonchev–Trinajstić information content (AvgIpc) is 3.01. The van der Waals surface area contributed by atoms with Crippen LogP contribution in [0.25, 0.3) is 0 Å². The van der Waals surface area contributed by atoms with Crippen LogP contribution in [0, 0.1) is 0 Å². The summed E-state index contributed by atoms with van der Waals surface area (Å²) in [7, 11) is 0. The Labute approximate surface area is 129 Å². The van der Waals surface area contributed by atoms with E-state index < -0.39 is 11.7 Å². The van der Waals surface area contributed by atoms with Crippen LogP contribution in [-0.2, 0) is 12.7 Å². The predicted molar refractivity (Wildman–Crippen MR) is 81.0 cm³/mol. The van der Waals surface area contributed by atoms with Crippen molar-refractivity contribution in [1.29, 1.82) is 0 Å². The van der Waals surface area contributed by atoms with E-state index >= 15 is 0 Å². The molecule has 22 heavy (non-hydrogen) atoms. The molecule has 0 bridgehead atoms. The fourth-order valence-corrected chi connectivity index (χ4v) is 3.27. The minimum Gasteiger partial charge on any atom is -0.371 e. The maximum Gasteiger partial charge on any atom is 0.416 e. The molecule has 2 fully saturated rings. The highest BCUT2D eigenvalue weighted by Crippen LogP contribution is 2.34. The molecule has 1 aromatic rings. The Bertz CT molecular complexity index is 504. The van der Waals surface area contributed by atoms with E-state index in [1.807, 2.05) is 0 Å². The molecule has 2 heterocycles. The fraction of sp³-hybridized carbons (Fsp3) is 0.625. The molecule has 0 amide bonds. The number of benzene rings is 1. The molecule has 0 spiro atoms. The molecule has 0 radical (unpaired) electrons. The number of piperazine rings is 1. The summed E-state index contributed by atoms with van der Waals surface area (Å²) >= 11 is 0. The van der Waals surface area contributed by atoms with Gasteiger partial charge in [0.25, 0.3) is 0 Å². The third-order valence-electron chi connectivity index (χ3n) is 4.46. The van der Waals surface area contributed by atoms with Crippen LogP contribution in [0.15, 0.2) is 18.2 Å². The lowest BCUT2D eigenvalue weighted by molar-refractivity contribution is -0.137. The molecule has 1 aromatic carbocycles. The van der Waals surface area contributed by atoms with Crippen LogP contribution in [0.3, 0.4) is 0 Å². The van der Waals surface area contributed by atoms with Crippen molar-refractivity contribution in [2.24, 2.45) is 0 Å². The van der Waals surface area contributed by atoms with E-state index in [-0.39, 0.29) is 0 Å². The van der Waals surface area contributed by atoms with Crippen molar-refractivity contribution in [3.8, 4) is 0 Å². The Morgan fingerprint density at radius 1 is 1.00 bits per heavy atom. The molecule has 6 heteroatoms. The largest absolute Gasteiger partial charge is 0.416 e. The van der Waals surface area contributed by atoms with Gasteiger partial charge in [-0.15, -0.1) is 0 Å². The van der Waals surface area contributed by atoms with Gasteiger partial charge in [-0.25, -0.2) is 0 Å². The Morgan fingerprint density at radius 3 is 2.32 bits per heavy atom. The van der Waals surface area contributed by atoms with Gasteiger partial charge in [0.15, 0.2) is 0 Å². The van der Waals surface area contributed by atoms with Crippen molar-refractivity contribution in [1.82, 2.24) is 10.2 Å². The first-order valence-electron chi connectivity index (χ1n) is 7.92.